The number of fused-ring (bicyclic) bond motifs is 1. The normalized spacial score (nSPS) is 19.0. The van der Waals surface area contributed by atoms with Gasteiger partial charge in [-0.3, -0.25) is 9.59 Å². The largest absolute Gasteiger partial charge is 0.507 e. The highest BCUT2D eigenvalue weighted by Crippen LogP contribution is 2.41. The number of aliphatic hydroxyl groups excluding tert-OH is 1. The first-order valence-electron chi connectivity index (χ1n) is 10.3. The molecule has 0 saturated carbocycles. The number of Topliss-reactive ketones (excluding diaryl/α,β-unsaturated/α-hetero) is 1. The van der Waals surface area contributed by atoms with Crippen molar-refractivity contribution in [1.29, 1.82) is 0 Å². The second kappa shape index (κ2) is 9.33. The van der Waals surface area contributed by atoms with E-state index in [0.29, 0.717) is 41.4 Å². The number of nitrogens with zero attached hydrogens (tertiary/aromatic N) is 1. The van der Waals surface area contributed by atoms with Gasteiger partial charge in [-0.15, -0.1) is 0 Å². The van der Waals surface area contributed by atoms with Crippen LogP contribution in [0.1, 0.15) is 27.5 Å². The Morgan fingerprint density at radius 3 is 2.36 bits per heavy atom. The van der Waals surface area contributed by atoms with Gasteiger partial charge in [0.15, 0.2) is 11.5 Å². The maximum absolute atomic E-state index is 13.0. The summed E-state index contributed by atoms with van der Waals surface area (Å²) in [6.07, 6.45) is 0. The van der Waals surface area contributed by atoms with Gasteiger partial charge < -0.3 is 29.0 Å². The Labute approximate surface area is 190 Å². The lowest BCUT2D eigenvalue weighted by atomic mass is 9.94. The van der Waals surface area contributed by atoms with Gasteiger partial charge in [-0.05, 0) is 35.9 Å². The van der Waals surface area contributed by atoms with Crippen LogP contribution in [-0.4, -0.2) is 68.3 Å². The fourth-order valence-electron chi connectivity index (χ4n) is 3.91. The number of rotatable bonds is 6. The lowest BCUT2D eigenvalue weighted by Gasteiger charge is -2.25. The van der Waals surface area contributed by atoms with E-state index in [1.165, 1.54) is 19.1 Å². The summed E-state index contributed by atoms with van der Waals surface area (Å²) < 4.78 is 20.9. The molecule has 2 heterocycles. The monoisotopic (exact) mass is 453 g/mol. The molecule has 4 rings (SSSR count). The van der Waals surface area contributed by atoms with Gasteiger partial charge in [0.05, 0.1) is 30.9 Å². The van der Waals surface area contributed by atoms with Gasteiger partial charge >= 0.3 is 5.97 Å². The minimum Gasteiger partial charge on any atom is -0.507 e. The highest BCUT2D eigenvalue weighted by atomic mass is 16.6. The molecule has 0 spiro atoms. The predicted octanol–water partition coefficient (Wildman–Crippen LogP) is 2.31. The third-order valence-corrected chi connectivity index (χ3v) is 5.54. The molecule has 172 valence electrons. The zero-order chi connectivity index (χ0) is 23.5. The smallest absolute Gasteiger partial charge is 0.337 e. The molecule has 1 saturated heterocycles. The van der Waals surface area contributed by atoms with E-state index in [0.717, 1.165) is 0 Å². The maximum atomic E-state index is 13.0. The van der Waals surface area contributed by atoms with E-state index in [2.05, 4.69) is 0 Å². The first kappa shape index (κ1) is 22.3. The van der Waals surface area contributed by atoms with Crippen molar-refractivity contribution < 1.29 is 38.4 Å². The van der Waals surface area contributed by atoms with E-state index in [-0.39, 0.29) is 24.5 Å². The number of ketones is 1. The van der Waals surface area contributed by atoms with Crippen molar-refractivity contribution in [2.75, 3.05) is 40.6 Å². The summed E-state index contributed by atoms with van der Waals surface area (Å²) in [5.41, 5.74) is 1.14. The molecule has 33 heavy (non-hydrogen) atoms. The molecular formula is C24H23NO8. The summed E-state index contributed by atoms with van der Waals surface area (Å²) >= 11 is 0. The van der Waals surface area contributed by atoms with Crippen LogP contribution in [0, 0.1) is 0 Å². The minimum atomic E-state index is -0.861. The van der Waals surface area contributed by atoms with E-state index >= 15 is 0 Å². The zero-order valence-electron chi connectivity index (χ0n) is 18.2. The third-order valence-electron chi connectivity index (χ3n) is 5.54. The fourth-order valence-corrected chi connectivity index (χ4v) is 3.91. The number of ether oxygens (including phenoxy) is 4. The van der Waals surface area contributed by atoms with Crippen molar-refractivity contribution in [3.05, 3.63) is 64.7 Å². The molecule has 2 aliphatic heterocycles. The van der Waals surface area contributed by atoms with E-state index in [9.17, 15) is 19.5 Å². The Balaban J connectivity index is 1.80. The number of amides is 1. The van der Waals surface area contributed by atoms with Gasteiger partial charge in [0, 0.05) is 19.2 Å². The topological polar surface area (TPSA) is 112 Å². The Bertz CT molecular complexity index is 1120. The molecule has 9 heteroatoms. The summed E-state index contributed by atoms with van der Waals surface area (Å²) in [7, 11) is 2.77. The van der Waals surface area contributed by atoms with Gasteiger partial charge in [-0.25, -0.2) is 4.79 Å². The number of methoxy groups -OCH3 is 2. The number of carbonyl (C=O) groups is 3. The maximum Gasteiger partial charge on any atom is 0.337 e. The van der Waals surface area contributed by atoms with Gasteiger partial charge in [-0.1, -0.05) is 12.1 Å². The number of aliphatic hydroxyl groups is 1. The second-order valence-electron chi connectivity index (χ2n) is 7.46. The molecule has 2 aliphatic rings. The summed E-state index contributed by atoms with van der Waals surface area (Å²) in [5, 5.41) is 11.1. The molecule has 0 bridgehead atoms. The quantitative estimate of drug-likeness (QED) is 0.307. The molecule has 2 aromatic carbocycles. The Morgan fingerprint density at radius 1 is 1.03 bits per heavy atom. The molecule has 0 aliphatic carbocycles. The van der Waals surface area contributed by atoms with Crippen LogP contribution in [0.4, 0.5) is 0 Å². The number of carbonyl (C=O) groups excluding carboxylic acids is 3. The van der Waals surface area contributed by atoms with Crippen molar-refractivity contribution in [1.82, 2.24) is 4.90 Å². The fraction of sp³-hybridized carbons (Fsp3) is 0.292. The highest BCUT2D eigenvalue weighted by molar-refractivity contribution is 6.46. The van der Waals surface area contributed by atoms with Gasteiger partial charge in [-0.2, -0.15) is 0 Å². The van der Waals surface area contributed by atoms with Crippen molar-refractivity contribution in [2.45, 2.75) is 6.04 Å². The van der Waals surface area contributed by atoms with E-state index < -0.39 is 23.7 Å². The highest BCUT2D eigenvalue weighted by Gasteiger charge is 2.46. The van der Waals surface area contributed by atoms with Crippen LogP contribution < -0.4 is 9.47 Å². The average molecular weight is 453 g/mol. The first-order chi connectivity index (χ1) is 16.0. The van der Waals surface area contributed by atoms with Crippen LogP contribution in [-0.2, 0) is 19.1 Å². The molecule has 1 N–H and O–H groups in total. The molecular weight excluding hydrogens is 430 g/mol. The molecule has 2 aromatic rings. The number of benzene rings is 2. The van der Waals surface area contributed by atoms with Crippen molar-refractivity contribution in [3.8, 4) is 11.5 Å². The lowest BCUT2D eigenvalue weighted by molar-refractivity contribution is -0.140. The van der Waals surface area contributed by atoms with Crippen LogP contribution in [0.25, 0.3) is 5.76 Å². The number of hydrogen-bond donors (Lipinski definition) is 1. The molecule has 1 amide bonds. The standard InChI is InChI=1S/C24H23NO8/c1-30-10-9-25-20(14-3-5-15(6-4-14)24(29)31-2)19(22(27)23(25)28)21(26)16-7-8-17-18(13-16)33-12-11-32-17/h3-8,13,20,26H,9-12H2,1-2H3/t20-/m1/s1. The second-order valence-corrected chi connectivity index (χ2v) is 7.46. The molecule has 0 radical (unpaired) electrons. The van der Waals surface area contributed by atoms with E-state index in [4.69, 9.17) is 18.9 Å². The number of esters is 1. The van der Waals surface area contributed by atoms with Crippen LogP contribution in [0.3, 0.4) is 0 Å². The Morgan fingerprint density at radius 2 is 1.70 bits per heavy atom. The van der Waals surface area contributed by atoms with Crippen LogP contribution in [0.5, 0.6) is 11.5 Å². The SMILES string of the molecule is COCCN1C(=O)C(=O)C(=C(O)c2ccc3c(c2)OCCO3)[C@H]1c1ccc(C(=O)OC)cc1. The molecule has 1 atom stereocenters. The summed E-state index contributed by atoms with van der Waals surface area (Å²) in [6.45, 7) is 1.13. The minimum absolute atomic E-state index is 0.0569. The molecule has 9 nitrogen and oxygen atoms in total. The van der Waals surface area contributed by atoms with Gasteiger partial charge in [0.2, 0.25) is 0 Å². The van der Waals surface area contributed by atoms with Crippen molar-refractivity contribution in [3.63, 3.8) is 0 Å². The summed E-state index contributed by atoms with van der Waals surface area (Å²) in [6, 6.07) is 10.3. The van der Waals surface area contributed by atoms with Crippen LogP contribution in [0.2, 0.25) is 0 Å². The third kappa shape index (κ3) is 4.14. The van der Waals surface area contributed by atoms with Gasteiger partial charge in [0.25, 0.3) is 11.7 Å². The van der Waals surface area contributed by atoms with E-state index in [1.54, 1.807) is 42.5 Å². The average Bonchev–Trinajstić information content (AvgIpc) is 3.11. The first-order valence-corrected chi connectivity index (χ1v) is 10.3. The summed E-state index contributed by atoms with van der Waals surface area (Å²) in [5.74, 6) is -1.40. The van der Waals surface area contributed by atoms with Gasteiger partial charge in [0.1, 0.15) is 19.0 Å². The van der Waals surface area contributed by atoms with Crippen LogP contribution >= 0.6 is 0 Å². The number of hydrogen-bond acceptors (Lipinski definition) is 8. The summed E-state index contributed by atoms with van der Waals surface area (Å²) in [4.78, 5) is 39.0. The lowest BCUT2D eigenvalue weighted by Crippen LogP contribution is -2.32. The molecule has 0 aromatic heterocycles. The molecule has 0 unspecified atom stereocenters. The predicted molar refractivity (Wildman–Crippen MR) is 116 cm³/mol. The van der Waals surface area contributed by atoms with Crippen LogP contribution in [0.15, 0.2) is 48.0 Å². The van der Waals surface area contributed by atoms with Crippen molar-refractivity contribution >= 4 is 23.4 Å². The van der Waals surface area contributed by atoms with Crippen molar-refractivity contribution in [2.24, 2.45) is 0 Å². The molecule has 1 fully saturated rings. The Hall–Kier alpha value is -3.85. The number of likely N-dealkylation sites (tertiary alicyclic amines) is 1. The van der Waals surface area contributed by atoms with E-state index in [1.807, 2.05) is 0 Å². The Kier molecular flexibility index (Phi) is 6.32. The zero-order valence-corrected chi connectivity index (χ0v) is 18.2.